The summed E-state index contributed by atoms with van der Waals surface area (Å²) in [5.41, 5.74) is 0. The molecule has 0 heterocycles. The standard InChI is InChI=1S/C3H5OS/c1-4-2-3-5/h2H2,1H3. The van der Waals surface area contributed by atoms with Crippen LogP contribution in [-0.2, 0) is 4.74 Å². The molecule has 0 spiro atoms. The van der Waals surface area contributed by atoms with E-state index >= 15 is 0 Å². The number of thiocarbonyl (C=S) groups is 1. The van der Waals surface area contributed by atoms with E-state index in [-0.39, 0.29) is 0 Å². The van der Waals surface area contributed by atoms with Gasteiger partial charge in [0, 0.05) is 7.11 Å². The van der Waals surface area contributed by atoms with Gasteiger partial charge >= 0.3 is 0 Å². The molecule has 0 saturated heterocycles. The van der Waals surface area contributed by atoms with Crippen LogP contribution in [0.15, 0.2) is 0 Å². The zero-order chi connectivity index (χ0) is 4.12. The molecule has 1 radical (unpaired) electrons. The second-order valence-corrected chi connectivity index (χ2v) is 0.866. The molecule has 0 rings (SSSR count). The van der Waals surface area contributed by atoms with Gasteiger partial charge in [-0.3, -0.25) is 0 Å². The fourth-order valence-electron chi connectivity index (χ4n) is 0.0589. The van der Waals surface area contributed by atoms with Crippen LogP contribution in [0.25, 0.3) is 0 Å². The monoisotopic (exact) mass is 89.0 g/mol. The van der Waals surface area contributed by atoms with Crippen molar-refractivity contribution in [1.29, 1.82) is 0 Å². The molecular weight excluding hydrogens is 84.1 g/mol. The maximum absolute atomic E-state index is 4.48. The van der Waals surface area contributed by atoms with Crippen LogP contribution in [0.5, 0.6) is 0 Å². The highest BCUT2D eigenvalue weighted by molar-refractivity contribution is 7.79. The van der Waals surface area contributed by atoms with E-state index in [1.807, 2.05) is 0 Å². The minimum absolute atomic E-state index is 0.454. The van der Waals surface area contributed by atoms with Gasteiger partial charge < -0.3 is 4.74 Å². The summed E-state index contributed by atoms with van der Waals surface area (Å²) in [5.74, 6) is 0. The van der Waals surface area contributed by atoms with Crippen LogP contribution in [0.4, 0.5) is 0 Å². The van der Waals surface area contributed by atoms with E-state index in [0.29, 0.717) is 6.61 Å². The Hall–Kier alpha value is 0.0500. The Kier molecular flexibility index (Phi) is 4.09. The molecule has 0 aliphatic heterocycles. The predicted octanol–water partition coefficient (Wildman–Crippen LogP) is 0.510. The summed E-state index contributed by atoms with van der Waals surface area (Å²) in [4.78, 5) is 0. The zero-order valence-electron chi connectivity index (χ0n) is 3.02. The molecule has 0 saturated carbocycles. The Labute approximate surface area is 36.9 Å². The lowest BCUT2D eigenvalue weighted by Gasteiger charge is -1.77. The first kappa shape index (κ1) is 5.05. The summed E-state index contributed by atoms with van der Waals surface area (Å²) < 4.78 is 4.48. The fraction of sp³-hybridized carbons (Fsp3) is 0.667. The zero-order valence-corrected chi connectivity index (χ0v) is 3.84. The van der Waals surface area contributed by atoms with E-state index < -0.39 is 0 Å². The summed E-state index contributed by atoms with van der Waals surface area (Å²) in [6, 6.07) is 0. The summed E-state index contributed by atoms with van der Waals surface area (Å²) in [7, 11) is 1.58. The normalized spacial score (nSPS) is 7.40. The van der Waals surface area contributed by atoms with Crippen LogP contribution in [0, 0.1) is 0 Å². The molecule has 0 aromatic rings. The molecule has 5 heavy (non-hydrogen) atoms. The molecule has 0 amide bonds. The van der Waals surface area contributed by atoms with Gasteiger partial charge in [0.2, 0.25) is 0 Å². The quantitative estimate of drug-likeness (QED) is 0.456. The molecule has 0 atom stereocenters. The summed E-state index contributed by atoms with van der Waals surface area (Å²) in [6.07, 6.45) is 0. The van der Waals surface area contributed by atoms with Gasteiger partial charge in [-0.25, -0.2) is 0 Å². The van der Waals surface area contributed by atoms with Crippen LogP contribution in [0.1, 0.15) is 0 Å². The molecule has 0 unspecified atom stereocenters. The van der Waals surface area contributed by atoms with Gasteiger partial charge in [0.15, 0.2) is 0 Å². The maximum atomic E-state index is 4.48. The molecule has 29 valence electrons. The van der Waals surface area contributed by atoms with E-state index in [1.165, 1.54) is 0 Å². The van der Waals surface area contributed by atoms with E-state index in [4.69, 9.17) is 0 Å². The third kappa shape index (κ3) is 4.05. The topological polar surface area (TPSA) is 9.23 Å². The smallest absolute Gasteiger partial charge is 0.0826 e. The van der Waals surface area contributed by atoms with Crippen molar-refractivity contribution in [2.45, 2.75) is 0 Å². The van der Waals surface area contributed by atoms with Gasteiger partial charge in [-0.1, -0.05) is 12.2 Å². The third-order valence-electron chi connectivity index (χ3n) is 0.203. The van der Waals surface area contributed by atoms with E-state index in [0.717, 1.165) is 0 Å². The largest absolute Gasteiger partial charge is 0.379 e. The van der Waals surface area contributed by atoms with Gasteiger partial charge in [-0.05, 0) is 0 Å². The Morgan fingerprint density at radius 2 is 2.60 bits per heavy atom. The van der Waals surface area contributed by atoms with E-state index in [9.17, 15) is 0 Å². The Bertz CT molecular complexity index is 28.1. The molecule has 0 aromatic heterocycles. The van der Waals surface area contributed by atoms with Crippen molar-refractivity contribution in [3.05, 3.63) is 0 Å². The van der Waals surface area contributed by atoms with Crippen molar-refractivity contribution < 1.29 is 4.74 Å². The molecule has 0 fully saturated rings. The van der Waals surface area contributed by atoms with Crippen LogP contribution in [0.2, 0.25) is 0 Å². The Morgan fingerprint density at radius 1 is 2.00 bits per heavy atom. The maximum Gasteiger partial charge on any atom is 0.0826 e. The van der Waals surface area contributed by atoms with Gasteiger partial charge in [0.1, 0.15) is 0 Å². The number of methoxy groups -OCH3 is 1. The molecule has 0 aromatic carbocycles. The van der Waals surface area contributed by atoms with E-state index in [1.54, 1.807) is 7.11 Å². The first-order chi connectivity index (χ1) is 2.41. The average molecular weight is 89.1 g/mol. The molecule has 2 heteroatoms. The average Bonchev–Trinajstić information content (AvgIpc) is 1.41. The number of ether oxygens (including phenoxy) is 1. The Balaban J connectivity index is 2.40. The SMILES string of the molecule is COC[C]=S. The molecule has 0 aliphatic rings. The lowest BCUT2D eigenvalue weighted by Crippen LogP contribution is -1.82. The lowest BCUT2D eigenvalue weighted by molar-refractivity contribution is 0.249. The lowest BCUT2D eigenvalue weighted by atomic mass is 10.9. The van der Waals surface area contributed by atoms with Gasteiger partial charge in [0.05, 0.1) is 12.0 Å². The van der Waals surface area contributed by atoms with E-state index in [2.05, 4.69) is 22.3 Å². The van der Waals surface area contributed by atoms with Crippen LogP contribution < -0.4 is 0 Å². The first-order valence-electron chi connectivity index (χ1n) is 1.25. The Morgan fingerprint density at radius 3 is 2.60 bits per heavy atom. The fourth-order valence-corrected chi connectivity index (χ4v) is 0.177. The van der Waals surface area contributed by atoms with Crippen LogP contribution >= 0.6 is 12.2 Å². The summed E-state index contributed by atoms with van der Waals surface area (Å²) in [5, 5.41) is 2.38. The van der Waals surface area contributed by atoms with Crippen molar-refractivity contribution in [3.63, 3.8) is 0 Å². The highest BCUT2D eigenvalue weighted by Crippen LogP contribution is 1.55. The van der Waals surface area contributed by atoms with Crippen molar-refractivity contribution in [3.8, 4) is 0 Å². The van der Waals surface area contributed by atoms with Gasteiger partial charge in [0.25, 0.3) is 0 Å². The highest BCUT2D eigenvalue weighted by Gasteiger charge is 1.61. The minimum Gasteiger partial charge on any atom is -0.379 e. The van der Waals surface area contributed by atoms with Crippen LogP contribution in [-0.4, -0.2) is 19.1 Å². The molecule has 1 nitrogen and oxygen atoms in total. The highest BCUT2D eigenvalue weighted by atomic mass is 32.1. The third-order valence-corrected chi connectivity index (χ3v) is 0.321. The first-order valence-corrected chi connectivity index (χ1v) is 1.66. The summed E-state index contributed by atoms with van der Waals surface area (Å²) in [6.45, 7) is 0.454. The minimum atomic E-state index is 0.454. The number of hydrogen-bond donors (Lipinski definition) is 0. The van der Waals surface area contributed by atoms with Crippen molar-refractivity contribution in [1.82, 2.24) is 0 Å². The molecule has 0 N–H and O–H groups in total. The predicted molar refractivity (Wildman–Crippen MR) is 24.5 cm³/mol. The second kappa shape index (κ2) is 4.05. The number of rotatable bonds is 2. The van der Waals surface area contributed by atoms with Crippen molar-refractivity contribution >= 4 is 17.6 Å². The molecular formula is C3H5OS. The van der Waals surface area contributed by atoms with Crippen molar-refractivity contribution in [2.75, 3.05) is 13.7 Å². The van der Waals surface area contributed by atoms with Crippen LogP contribution in [0.3, 0.4) is 0 Å². The van der Waals surface area contributed by atoms with Gasteiger partial charge in [-0.15, -0.1) is 0 Å². The summed E-state index contributed by atoms with van der Waals surface area (Å²) >= 11 is 4.28. The number of hydrogen-bond acceptors (Lipinski definition) is 2. The van der Waals surface area contributed by atoms with Gasteiger partial charge in [-0.2, -0.15) is 0 Å². The molecule has 0 aliphatic carbocycles. The molecule has 0 bridgehead atoms. The van der Waals surface area contributed by atoms with Crippen molar-refractivity contribution in [2.24, 2.45) is 0 Å². The second-order valence-electron chi connectivity index (χ2n) is 0.577.